The first-order valence-electron chi connectivity index (χ1n) is 28.3. The number of methoxy groups -OCH3 is 2. The summed E-state index contributed by atoms with van der Waals surface area (Å²) in [7, 11) is 3.09. The van der Waals surface area contributed by atoms with Gasteiger partial charge in [-0.15, -0.1) is 5.92 Å². The summed E-state index contributed by atoms with van der Waals surface area (Å²) >= 11 is 0. The number of nitrogens with one attached hydrogen (secondary N) is 1. The zero-order valence-corrected chi connectivity index (χ0v) is 45.0. The highest BCUT2D eigenvalue weighted by atomic mass is 16.6. The molecular formula is C68H67NO10. The summed E-state index contributed by atoms with van der Waals surface area (Å²) < 4.78 is 25.7. The molecule has 6 bridgehead atoms. The summed E-state index contributed by atoms with van der Waals surface area (Å²) in [6.45, 7) is 2.83. The highest BCUT2D eigenvalue weighted by molar-refractivity contribution is 5.99. The number of aliphatic hydroxyl groups is 1. The third-order valence-corrected chi connectivity index (χ3v) is 19.4. The maximum Gasteiger partial charge on any atom is 0.316 e. The first-order valence-corrected chi connectivity index (χ1v) is 28.3. The molecule has 0 radical (unpaired) electrons. The van der Waals surface area contributed by atoms with Crippen molar-refractivity contribution in [3.63, 3.8) is 0 Å². The van der Waals surface area contributed by atoms with Crippen LogP contribution in [0.15, 0.2) is 121 Å². The van der Waals surface area contributed by atoms with Crippen LogP contribution < -0.4 is 14.8 Å². The fourth-order valence-corrected chi connectivity index (χ4v) is 16.3. The minimum Gasteiger partial charge on any atom is -0.508 e. The number of carbonyl (C=O) groups excluding carboxylic acids is 2. The van der Waals surface area contributed by atoms with Gasteiger partial charge in [-0.05, 0) is 189 Å². The van der Waals surface area contributed by atoms with Crippen LogP contribution in [0.1, 0.15) is 109 Å². The van der Waals surface area contributed by atoms with Gasteiger partial charge in [-0.3, -0.25) is 9.59 Å². The van der Waals surface area contributed by atoms with Gasteiger partial charge < -0.3 is 44.7 Å². The zero-order valence-electron chi connectivity index (χ0n) is 45.0. The Labute approximate surface area is 460 Å². The molecule has 7 aromatic carbocycles. The van der Waals surface area contributed by atoms with Gasteiger partial charge in [0.1, 0.15) is 18.0 Å². The average Bonchev–Trinajstić information content (AvgIpc) is 3.56. The lowest BCUT2D eigenvalue weighted by atomic mass is 9.38. The topological polar surface area (TPSA) is 164 Å². The smallest absolute Gasteiger partial charge is 0.316 e. The molecule has 7 aromatic rings. The molecule has 3 fully saturated rings. The molecule has 5 N–H and O–H groups in total. The molecule has 0 saturated heterocycles. The van der Waals surface area contributed by atoms with Gasteiger partial charge in [0, 0.05) is 50.1 Å². The number of hydrogen-bond acceptors (Lipinski definition) is 11. The molecule has 3 saturated carbocycles. The lowest BCUT2D eigenvalue weighted by molar-refractivity contribution is -0.174. The standard InChI is InChI=1S/C68H67NO10/c1-38(70)78-62-32-50(79-66(75)67-20-9-12-39(36-67)10-6-7-21-69-37-40-11-8-15-43(22-40)52-30-49(71)24-44-17-18-47(67)29-51(44)52)31-55-53-34-64(77-3)60(73)27-45(53)25-56-59(72)35-57-54-33-61(74)63(76-2)28-46(54)26-58(62)68(57,65(55)56)48-19-16-41-13-4-5-14-42(41)23-48/h4-5,8,11,13-19,22-24,27-30,33-34,39,50,55-59,62,65,69,71-74H,7,9,12,20-21,25-26,31-32,35-37H2,1-3H3. The van der Waals surface area contributed by atoms with E-state index in [1.807, 2.05) is 54.6 Å². The second kappa shape index (κ2) is 20.0. The molecule has 404 valence electrons. The second-order valence-corrected chi connectivity index (χ2v) is 23.5. The van der Waals surface area contributed by atoms with Crippen LogP contribution in [0, 0.1) is 35.5 Å². The van der Waals surface area contributed by atoms with Crippen molar-refractivity contribution < 1.29 is 49.0 Å². The Morgan fingerprint density at radius 3 is 2.35 bits per heavy atom. The molecule has 5 aliphatic carbocycles. The molecule has 11 unspecified atom stereocenters. The van der Waals surface area contributed by atoms with Crippen LogP contribution in [0.25, 0.3) is 32.7 Å². The third kappa shape index (κ3) is 8.56. The molecule has 11 heteroatoms. The number of hydrogen-bond donors (Lipinski definition) is 5. The number of carbonyl (C=O) groups is 2. The van der Waals surface area contributed by atoms with E-state index < -0.39 is 41.0 Å². The molecule has 1 aliphatic heterocycles. The van der Waals surface area contributed by atoms with Crippen molar-refractivity contribution in [3.05, 3.63) is 160 Å². The van der Waals surface area contributed by atoms with Gasteiger partial charge in [0.15, 0.2) is 23.0 Å². The minimum atomic E-state index is -1.12. The Balaban J connectivity index is 1.01. The van der Waals surface area contributed by atoms with Crippen molar-refractivity contribution >= 4 is 33.5 Å². The molecule has 0 spiro atoms. The first-order chi connectivity index (χ1) is 38.3. The van der Waals surface area contributed by atoms with E-state index in [-0.39, 0.29) is 59.2 Å². The van der Waals surface area contributed by atoms with Gasteiger partial charge in [-0.2, -0.15) is 0 Å². The summed E-state index contributed by atoms with van der Waals surface area (Å²) in [4.78, 5) is 30.2. The van der Waals surface area contributed by atoms with Crippen LogP contribution in [0.4, 0.5) is 0 Å². The highest BCUT2D eigenvalue weighted by Gasteiger charge is 2.67. The van der Waals surface area contributed by atoms with E-state index in [1.165, 1.54) is 14.0 Å². The number of phenols is 3. The number of phenolic OH excluding ortho intramolecular Hbond substituents is 3. The fraction of sp³-hybridized carbons (Fsp3) is 0.382. The molecule has 0 aromatic heterocycles. The van der Waals surface area contributed by atoms with Gasteiger partial charge in [-0.1, -0.05) is 85.1 Å². The Morgan fingerprint density at radius 2 is 1.52 bits per heavy atom. The lowest BCUT2D eigenvalue weighted by Crippen LogP contribution is -2.65. The predicted octanol–water partition coefficient (Wildman–Crippen LogP) is 11.6. The van der Waals surface area contributed by atoms with Crippen LogP contribution in [0.2, 0.25) is 0 Å². The van der Waals surface area contributed by atoms with Crippen molar-refractivity contribution in [1.29, 1.82) is 0 Å². The SMILES string of the molecule is COc1cc2c(cc1O)C1CC(O)C3Cc4cc(O)c(OC)cc4C4CC(OC(=O)C56CCCC(C#CCCNCc7cccc(c7)-c7cc(O)cc8ccc5cc78)C6)CC(OC(C)=O)C(C2)C1(c1ccc2ccccc2c1)C43. The van der Waals surface area contributed by atoms with Crippen LogP contribution >= 0.6 is 0 Å². The highest BCUT2D eigenvalue weighted by Crippen LogP contribution is 2.70. The quantitative estimate of drug-likeness (QED) is 0.0795. The summed E-state index contributed by atoms with van der Waals surface area (Å²) in [5.74, 6) is 5.15. The Kier molecular flexibility index (Phi) is 12.9. The monoisotopic (exact) mass is 1060 g/mol. The first kappa shape index (κ1) is 51.0. The number of esters is 2. The van der Waals surface area contributed by atoms with Crippen LogP contribution in [0.3, 0.4) is 0 Å². The van der Waals surface area contributed by atoms with E-state index in [9.17, 15) is 25.2 Å². The largest absolute Gasteiger partial charge is 0.508 e. The van der Waals surface area contributed by atoms with Crippen LogP contribution in [-0.4, -0.2) is 71.4 Å². The van der Waals surface area contributed by atoms with Crippen molar-refractivity contribution in [3.8, 4) is 51.7 Å². The summed E-state index contributed by atoms with van der Waals surface area (Å²) in [6, 6.07) is 40.5. The van der Waals surface area contributed by atoms with Crippen LogP contribution in [-0.2, 0) is 49.3 Å². The van der Waals surface area contributed by atoms with E-state index in [2.05, 4.69) is 71.8 Å². The van der Waals surface area contributed by atoms with Crippen molar-refractivity contribution in [2.24, 2.45) is 23.7 Å². The molecule has 13 rings (SSSR count). The van der Waals surface area contributed by atoms with Gasteiger partial charge >= 0.3 is 11.9 Å². The Morgan fingerprint density at radius 1 is 0.734 bits per heavy atom. The maximum atomic E-state index is 16.3. The van der Waals surface area contributed by atoms with E-state index >= 15 is 4.79 Å². The number of ether oxygens (including phenoxy) is 4. The number of aromatic hydroxyl groups is 3. The molecular weight excluding hydrogens is 991 g/mol. The summed E-state index contributed by atoms with van der Waals surface area (Å²) in [5, 5.41) is 54.6. The van der Waals surface area contributed by atoms with Crippen molar-refractivity contribution in [2.75, 3.05) is 20.8 Å². The van der Waals surface area contributed by atoms with Crippen LogP contribution in [0.5, 0.6) is 28.7 Å². The molecule has 79 heavy (non-hydrogen) atoms. The second-order valence-electron chi connectivity index (χ2n) is 23.5. The maximum absolute atomic E-state index is 16.3. The normalized spacial score (nSPS) is 28.6. The Bertz CT molecular complexity index is 3650. The van der Waals surface area contributed by atoms with Gasteiger partial charge in [0.2, 0.25) is 0 Å². The van der Waals surface area contributed by atoms with E-state index in [0.29, 0.717) is 69.5 Å². The number of fused-ring (bicyclic) bond motifs is 12. The molecule has 11 nitrogen and oxygen atoms in total. The van der Waals surface area contributed by atoms with Crippen molar-refractivity contribution in [1.82, 2.24) is 5.32 Å². The molecule has 6 aliphatic rings. The van der Waals surface area contributed by atoms with E-state index in [0.717, 1.165) is 84.5 Å². The molecule has 1 heterocycles. The molecule has 11 atom stereocenters. The number of benzene rings is 7. The van der Waals surface area contributed by atoms with Gasteiger partial charge in [-0.25, -0.2) is 0 Å². The summed E-state index contributed by atoms with van der Waals surface area (Å²) in [6.07, 6.45) is 2.59. The van der Waals surface area contributed by atoms with Crippen molar-refractivity contribution in [2.45, 2.75) is 119 Å². The van der Waals surface area contributed by atoms with Gasteiger partial charge in [0.05, 0.1) is 25.7 Å². The van der Waals surface area contributed by atoms with Gasteiger partial charge in [0.25, 0.3) is 0 Å². The Hall–Kier alpha value is -7.52. The third-order valence-electron chi connectivity index (χ3n) is 19.4. The average molecular weight is 1060 g/mol. The minimum absolute atomic E-state index is 0.0103. The summed E-state index contributed by atoms with van der Waals surface area (Å²) in [5.41, 5.74) is 6.58. The zero-order chi connectivity index (χ0) is 54.3. The lowest BCUT2D eigenvalue weighted by Gasteiger charge is -2.66. The molecule has 0 amide bonds. The predicted molar refractivity (Wildman–Crippen MR) is 302 cm³/mol. The van der Waals surface area contributed by atoms with E-state index in [1.54, 1.807) is 19.2 Å². The fourth-order valence-electron chi connectivity index (χ4n) is 16.3. The number of aliphatic hydroxyl groups excluding tert-OH is 1. The number of rotatable bonds is 6. The van der Waals surface area contributed by atoms with E-state index in [4.69, 9.17) is 18.9 Å².